The average molecular weight is 212 g/mol. The normalized spacial score (nSPS) is 19.4. The van der Waals surface area contributed by atoms with Crippen molar-refractivity contribution in [2.24, 2.45) is 10.7 Å². The second-order valence-electron chi connectivity index (χ2n) is 4.25. The van der Waals surface area contributed by atoms with E-state index >= 15 is 0 Å². The van der Waals surface area contributed by atoms with Crippen LogP contribution in [0.1, 0.15) is 51.9 Å². The van der Waals surface area contributed by atoms with Gasteiger partial charge in [-0.3, -0.25) is 4.99 Å². The van der Waals surface area contributed by atoms with E-state index < -0.39 is 0 Å². The third-order valence-corrected chi connectivity index (χ3v) is 2.82. The van der Waals surface area contributed by atoms with Gasteiger partial charge in [0.15, 0.2) is 0 Å². The molecule has 1 saturated carbocycles. The lowest BCUT2D eigenvalue weighted by molar-refractivity contribution is 0.0335. The highest BCUT2D eigenvalue weighted by Gasteiger charge is 2.12. The topological polar surface area (TPSA) is 47.6 Å². The fraction of sp³-hybridized carbons (Fsp3) is 0.917. The number of nitrogens with two attached hydrogens (primary N) is 1. The van der Waals surface area contributed by atoms with Crippen molar-refractivity contribution in [2.45, 2.75) is 58.0 Å². The van der Waals surface area contributed by atoms with E-state index in [4.69, 9.17) is 10.5 Å². The van der Waals surface area contributed by atoms with Crippen LogP contribution in [0.2, 0.25) is 0 Å². The van der Waals surface area contributed by atoms with Crippen molar-refractivity contribution in [3.8, 4) is 0 Å². The van der Waals surface area contributed by atoms with Crippen molar-refractivity contribution in [3.05, 3.63) is 0 Å². The number of amidine groups is 1. The second kappa shape index (κ2) is 7.69. The molecule has 15 heavy (non-hydrogen) atoms. The number of nitrogens with zero attached hydrogens (tertiary/aromatic N) is 1. The van der Waals surface area contributed by atoms with Crippen molar-refractivity contribution in [3.63, 3.8) is 0 Å². The summed E-state index contributed by atoms with van der Waals surface area (Å²) in [4.78, 5) is 4.27. The van der Waals surface area contributed by atoms with Gasteiger partial charge < -0.3 is 10.5 Å². The van der Waals surface area contributed by atoms with Crippen molar-refractivity contribution in [1.29, 1.82) is 0 Å². The summed E-state index contributed by atoms with van der Waals surface area (Å²) in [6.45, 7) is 3.57. The number of ether oxygens (including phenoxy) is 1. The number of rotatable bonds is 6. The lowest BCUT2D eigenvalue weighted by atomic mass is 9.98. The number of aliphatic imine (C=N–C) groups is 1. The van der Waals surface area contributed by atoms with Gasteiger partial charge in [0, 0.05) is 6.42 Å². The predicted octanol–water partition coefficient (Wildman–Crippen LogP) is 2.49. The second-order valence-corrected chi connectivity index (χ2v) is 4.25. The third kappa shape index (κ3) is 5.78. The first-order valence-corrected chi connectivity index (χ1v) is 6.23. The Morgan fingerprint density at radius 1 is 1.33 bits per heavy atom. The van der Waals surface area contributed by atoms with Gasteiger partial charge in [-0.25, -0.2) is 0 Å². The van der Waals surface area contributed by atoms with E-state index in [0.29, 0.717) is 6.10 Å². The van der Waals surface area contributed by atoms with Crippen LogP contribution in [0.15, 0.2) is 4.99 Å². The van der Waals surface area contributed by atoms with E-state index in [1.54, 1.807) is 0 Å². The SMILES string of the molecule is CCCC(N)=NCCOC1CCCCC1. The first-order chi connectivity index (χ1) is 7.33. The molecule has 0 unspecified atom stereocenters. The van der Waals surface area contributed by atoms with E-state index in [9.17, 15) is 0 Å². The molecule has 3 nitrogen and oxygen atoms in total. The van der Waals surface area contributed by atoms with Crippen LogP contribution >= 0.6 is 0 Å². The van der Waals surface area contributed by atoms with Crippen LogP contribution < -0.4 is 5.73 Å². The minimum Gasteiger partial charge on any atom is -0.387 e. The van der Waals surface area contributed by atoms with Crippen LogP contribution in [0.4, 0.5) is 0 Å². The van der Waals surface area contributed by atoms with Gasteiger partial charge in [0.1, 0.15) is 0 Å². The Morgan fingerprint density at radius 2 is 2.07 bits per heavy atom. The van der Waals surface area contributed by atoms with Gasteiger partial charge >= 0.3 is 0 Å². The Labute approximate surface area is 93.1 Å². The van der Waals surface area contributed by atoms with Gasteiger partial charge in [-0.1, -0.05) is 26.2 Å². The fourth-order valence-corrected chi connectivity index (χ4v) is 1.98. The van der Waals surface area contributed by atoms with Crippen LogP contribution in [-0.2, 0) is 4.74 Å². The summed E-state index contributed by atoms with van der Waals surface area (Å²) in [5.41, 5.74) is 5.70. The highest BCUT2D eigenvalue weighted by molar-refractivity contribution is 5.80. The quantitative estimate of drug-likeness (QED) is 0.418. The largest absolute Gasteiger partial charge is 0.387 e. The molecule has 0 aromatic carbocycles. The molecule has 3 heteroatoms. The molecule has 0 amide bonds. The number of hydrogen-bond donors (Lipinski definition) is 1. The average Bonchev–Trinajstić information content (AvgIpc) is 2.26. The Bertz CT molecular complexity index is 186. The van der Waals surface area contributed by atoms with Crippen LogP contribution in [0.25, 0.3) is 0 Å². The lowest BCUT2D eigenvalue weighted by Gasteiger charge is -2.21. The first kappa shape index (κ1) is 12.5. The van der Waals surface area contributed by atoms with E-state index in [-0.39, 0.29) is 0 Å². The maximum atomic E-state index is 5.75. The van der Waals surface area contributed by atoms with Crippen LogP contribution in [-0.4, -0.2) is 25.1 Å². The molecule has 2 N–H and O–H groups in total. The molecule has 88 valence electrons. The maximum absolute atomic E-state index is 5.75. The zero-order valence-electron chi connectivity index (χ0n) is 9.87. The summed E-state index contributed by atoms with van der Waals surface area (Å²) in [5.74, 6) is 0.768. The summed E-state index contributed by atoms with van der Waals surface area (Å²) in [7, 11) is 0. The van der Waals surface area contributed by atoms with Crippen LogP contribution in [0.5, 0.6) is 0 Å². The van der Waals surface area contributed by atoms with E-state index in [1.807, 2.05) is 0 Å². The third-order valence-electron chi connectivity index (χ3n) is 2.82. The summed E-state index contributed by atoms with van der Waals surface area (Å²) >= 11 is 0. The fourth-order valence-electron chi connectivity index (χ4n) is 1.98. The molecule has 0 radical (unpaired) electrons. The van der Waals surface area contributed by atoms with Crippen LogP contribution in [0, 0.1) is 0 Å². The molecule has 1 aliphatic rings. The first-order valence-electron chi connectivity index (χ1n) is 6.23. The van der Waals surface area contributed by atoms with Crippen molar-refractivity contribution in [2.75, 3.05) is 13.2 Å². The van der Waals surface area contributed by atoms with Crippen molar-refractivity contribution >= 4 is 5.84 Å². The molecule has 0 aliphatic heterocycles. The van der Waals surface area contributed by atoms with E-state index in [0.717, 1.165) is 31.8 Å². The summed E-state index contributed by atoms with van der Waals surface area (Å²) in [6.07, 6.45) is 8.95. The molecule has 0 atom stereocenters. The molecule has 0 spiro atoms. The van der Waals surface area contributed by atoms with Gasteiger partial charge in [0.05, 0.1) is 25.1 Å². The van der Waals surface area contributed by atoms with Gasteiger partial charge in [0.25, 0.3) is 0 Å². The molecule has 1 aliphatic carbocycles. The maximum Gasteiger partial charge on any atom is 0.0937 e. The van der Waals surface area contributed by atoms with E-state index in [1.165, 1.54) is 32.1 Å². The highest BCUT2D eigenvalue weighted by Crippen LogP contribution is 2.19. The molecule has 0 bridgehead atoms. The summed E-state index contributed by atoms with van der Waals surface area (Å²) < 4.78 is 5.75. The van der Waals surface area contributed by atoms with Crippen molar-refractivity contribution < 1.29 is 4.74 Å². The Hall–Kier alpha value is -0.570. The Kier molecular flexibility index (Phi) is 6.41. The minimum absolute atomic E-state index is 0.487. The molecule has 0 saturated heterocycles. The standard InChI is InChI=1S/C12H24N2O/c1-2-6-12(13)14-9-10-15-11-7-4-3-5-8-11/h11H,2-10H2,1H3,(H2,13,14). The van der Waals surface area contributed by atoms with E-state index in [2.05, 4.69) is 11.9 Å². The molecule has 1 rings (SSSR count). The smallest absolute Gasteiger partial charge is 0.0937 e. The Morgan fingerprint density at radius 3 is 2.73 bits per heavy atom. The molecule has 0 aromatic heterocycles. The molecule has 0 heterocycles. The molecular weight excluding hydrogens is 188 g/mol. The monoisotopic (exact) mass is 212 g/mol. The molecule has 1 fully saturated rings. The zero-order valence-corrected chi connectivity index (χ0v) is 9.87. The van der Waals surface area contributed by atoms with Gasteiger partial charge in [-0.2, -0.15) is 0 Å². The minimum atomic E-state index is 0.487. The Balaban J connectivity index is 2.02. The summed E-state index contributed by atoms with van der Waals surface area (Å²) in [6, 6.07) is 0. The highest BCUT2D eigenvalue weighted by atomic mass is 16.5. The van der Waals surface area contributed by atoms with Gasteiger partial charge in [0.2, 0.25) is 0 Å². The van der Waals surface area contributed by atoms with Gasteiger partial charge in [-0.05, 0) is 19.3 Å². The van der Waals surface area contributed by atoms with Crippen molar-refractivity contribution in [1.82, 2.24) is 0 Å². The van der Waals surface area contributed by atoms with Crippen LogP contribution in [0.3, 0.4) is 0 Å². The lowest BCUT2D eigenvalue weighted by Crippen LogP contribution is -2.19. The summed E-state index contributed by atoms with van der Waals surface area (Å²) in [5, 5.41) is 0. The molecule has 0 aromatic rings. The van der Waals surface area contributed by atoms with Gasteiger partial charge in [-0.15, -0.1) is 0 Å². The molecular formula is C12H24N2O. The zero-order chi connectivity index (χ0) is 10.9. The predicted molar refractivity (Wildman–Crippen MR) is 64.2 cm³/mol. The number of hydrogen-bond acceptors (Lipinski definition) is 2.